The molecule has 7 nitrogen and oxygen atoms in total. The first-order valence-electron chi connectivity index (χ1n) is 6.24. The maximum atomic E-state index is 12.4. The Kier molecular flexibility index (Phi) is 5.15. The number of hydrogen-bond donors (Lipinski definition) is 1. The van der Waals surface area contributed by atoms with Gasteiger partial charge in [-0.1, -0.05) is 0 Å². The van der Waals surface area contributed by atoms with Crippen molar-refractivity contribution in [2.75, 3.05) is 11.9 Å². The molecule has 1 N–H and O–H groups in total. The number of alkyl halides is 2. The minimum atomic E-state index is -2.81. The molecule has 0 radical (unpaired) electrons. The van der Waals surface area contributed by atoms with Crippen LogP contribution in [0.25, 0.3) is 0 Å². The van der Waals surface area contributed by atoms with Crippen molar-refractivity contribution >= 4 is 28.3 Å². The van der Waals surface area contributed by atoms with E-state index in [1.807, 2.05) is 0 Å². The summed E-state index contributed by atoms with van der Waals surface area (Å²) in [4.78, 5) is 27.2. The Morgan fingerprint density at radius 1 is 1.50 bits per heavy atom. The summed E-state index contributed by atoms with van der Waals surface area (Å²) in [6, 6.07) is 1.18. The SMILES string of the molecule is CCOC(=O)Cc1csc(NC(=O)c2ccn(C(F)F)n2)n1. The number of aromatic nitrogens is 3. The number of hydrogen-bond acceptors (Lipinski definition) is 6. The fourth-order valence-electron chi connectivity index (χ4n) is 1.53. The molecule has 2 heterocycles. The van der Waals surface area contributed by atoms with E-state index in [0.717, 1.165) is 17.5 Å². The number of thiazole rings is 1. The zero-order valence-corrected chi connectivity index (χ0v) is 12.3. The first kappa shape index (κ1) is 16.0. The Morgan fingerprint density at radius 3 is 2.91 bits per heavy atom. The van der Waals surface area contributed by atoms with Gasteiger partial charge in [0.25, 0.3) is 5.91 Å². The van der Waals surface area contributed by atoms with E-state index < -0.39 is 18.4 Å². The zero-order valence-electron chi connectivity index (χ0n) is 11.5. The molecule has 10 heteroatoms. The Bertz CT molecular complexity index is 671. The minimum Gasteiger partial charge on any atom is -0.466 e. The molecule has 0 saturated heterocycles. The average molecular weight is 330 g/mol. The molecule has 0 unspecified atom stereocenters. The maximum Gasteiger partial charge on any atom is 0.333 e. The summed E-state index contributed by atoms with van der Waals surface area (Å²) >= 11 is 1.11. The monoisotopic (exact) mass is 330 g/mol. The first-order valence-corrected chi connectivity index (χ1v) is 7.12. The predicted molar refractivity (Wildman–Crippen MR) is 73.9 cm³/mol. The van der Waals surface area contributed by atoms with Crippen LogP contribution in [-0.4, -0.2) is 33.2 Å². The fraction of sp³-hybridized carbons (Fsp3) is 0.333. The van der Waals surface area contributed by atoms with Crippen molar-refractivity contribution in [2.45, 2.75) is 19.9 Å². The standard InChI is InChI=1S/C12H12F2N4O3S/c1-2-21-9(19)5-7-6-22-12(15-7)16-10(20)8-3-4-18(17-8)11(13)14/h3-4,6,11H,2,5H2,1H3,(H,15,16,20). The number of halogens is 2. The van der Waals surface area contributed by atoms with Crippen LogP contribution in [-0.2, 0) is 16.0 Å². The van der Waals surface area contributed by atoms with Crippen molar-refractivity contribution in [3.8, 4) is 0 Å². The van der Waals surface area contributed by atoms with Crippen molar-refractivity contribution in [3.63, 3.8) is 0 Å². The van der Waals surface area contributed by atoms with Crippen LogP contribution in [0, 0.1) is 0 Å². The maximum absolute atomic E-state index is 12.4. The summed E-state index contributed by atoms with van der Waals surface area (Å²) in [6.45, 7) is -0.833. The highest BCUT2D eigenvalue weighted by Gasteiger charge is 2.15. The van der Waals surface area contributed by atoms with E-state index in [1.165, 1.54) is 6.07 Å². The molecule has 22 heavy (non-hydrogen) atoms. The summed E-state index contributed by atoms with van der Waals surface area (Å²) in [6.07, 6.45) is 1.01. The van der Waals surface area contributed by atoms with Gasteiger partial charge >= 0.3 is 12.5 Å². The number of ether oxygens (including phenoxy) is 1. The van der Waals surface area contributed by atoms with Gasteiger partial charge in [0.15, 0.2) is 10.8 Å². The van der Waals surface area contributed by atoms with E-state index in [9.17, 15) is 18.4 Å². The zero-order chi connectivity index (χ0) is 16.1. The number of esters is 1. The van der Waals surface area contributed by atoms with Gasteiger partial charge in [0.05, 0.1) is 18.7 Å². The molecule has 0 bridgehead atoms. The third-order valence-corrected chi connectivity index (χ3v) is 3.25. The van der Waals surface area contributed by atoms with Crippen molar-refractivity contribution < 1.29 is 23.1 Å². The summed E-state index contributed by atoms with van der Waals surface area (Å²) < 4.78 is 29.9. The van der Waals surface area contributed by atoms with Gasteiger partial charge < -0.3 is 4.74 Å². The van der Waals surface area contributed by atoms with E-state index in [0.29, 0.717) is 10.4 Å². The number of nitrogens with zero attached hydrogens (tertiary/aromatic N) is 3. The number of carbonyl (C=O) groups excluding carboxylic acids is 2. The summed E-state index contributed by atoms with van der Waals surface area (Å²) in [7, 11) is 0. The first-order chi connectivity index (χ1) is 10.5. The van der Waals surface area contributed by atoms with Crippen molar-refractivity contribution in [1.29, 1.82) is 0 Å². The van der Waals surface area contributed by atoms with Gasteiger partial charge in [-0.15, -0.1) is 11.3 Å². The van der Waals surface area contributed by atoms with Crippen LogP contribution < -0.4 is 5.32 Å². The second kappa shape index (κ2) is 7.07. The molecule has 2 aromatic heterocycles. The molecule has 0 aliphatic rings. The molecular formula is C12H12F2N4O3S. The van der Waals surface area contributed by atoms with E-state index in [2.05, 4.69) is 15.4 Å². The molecule has 0 spiro atoms. The number of carbonyl (C=O) groups is 2. The largest absolute Gasteiger partial charge is 0.466 e. The summed E-state index contributed by atoms with van der Waals surface area (Å²) in [5, 5.41) is 7.72. The number of amides is 1. The lowest BCUT2D eigenvalue weighted by molar-refractivity contribution is -0.142. The topological polar surface area (TPSA) is 86.1 Å². The van der Waals surface area contributed by atoms with Gasteiger partial charge in [-0.05, 0) is 13.0 Å². The number of nitrogens with one attached hydrogen (secondary N) is 1. The molecule has 118 valence electrons. The molecule has 2 rings (SSSR count). The highest BCUT2D eigenvalue weighted by atomic mass is 32.1. The highest BCUT2D eigenvalue weighted by Crippen LogP contribution is 2.17. The summed E-state index contributed by atoms with van der Waals surface area (Å²) in [5.41, 5.74) is 0.305. The Balaban J connectivity index is 1.97. The number of rotatable bonds is 6. The molecule has 0 fully saturated rings. The lowest BCUT2D eigenvalue weighted by Gasteiger charge is -1.99. The van der Waals surface area contributed by atoms with E-state index in [4.69, 9.17) is 4.74 Å². The van der Waals surface area contributed by atoms with Gasteiger partial charge in [0.2, 0.25) is 0 Å². The molecule has 1 amide bonds. The van der Waals surface area contributed by atoms with Crippen LogP contribution in [0.5, 0.6) is 0 Å². The predicted octanol–water partition coefficient (Wildman–Crippen LogP) is 2.09. The smallest absolute Gasteiger partial charge is 0.333 e. The molecule has 0 aromatic carbocycles. The Morgan fingerprint density at radius 2 is 2.27 bits per heavy atom. The van der Waals surface area contributed by atoms with Gasteiger partial charge in [0, 0.05) is 11.6 Å². The average Bonchev–Trinajstić information content (AvgIpc) is 3.08. The van der Waals surface area contributed by atoms with E-state index >= 15 is 0 Å². The minimum absolute atomic E-state index is 0.000218. The van der Waals surface area contributed by atoms with Crippen LogP contribution in [0.4, 0.5) is 13.9 Å². The molecule has 0 saturated carbocycles. The van der Waals surface area contributed by atoms with Crippen LogP contribution in [0.15, 0.2) is 17.6 Å². The highest BCUT2D eigenvalue weighted by molar-refractivity contribution is 7.14. The van der Waals surface area contributed by atoms with Crippen molar-refractivity contribution in [3.05, 3.63) is 29.0 Å². The van der Waals surface area contributed by atoms with E-state index in [-0.39, 0.29) is 23.9 Å². The van der Waals surface area contributed by atoms with Crippen molar-refractivity contribution in [2.24, 2.45) is 0 Å². The molecule has 0 aliphatic heterocycles. The normalized spacial score (nSPS) is 10.7. The fourth-order valence-corrected chi connectivity index (χ4v) is 2.24. The van der Waals surface area contributed by atoms with Crippen LogP contribution in [0.1, 0.15) is 29.7 Å². The van der Waals surface area contributed by atoms with Gasteiger partial charge in [-0.2, -0.15) is 13.9 Å². The van der Waals surface area contributed by atoms with Crippen LogP contribution in [0.2, 0.25) is 0 Å². The second-order valence-corrected chi connectivity index (χ2v) is 4.90. The quantitative estimate of drug-likeness (QED) is 0.820. The second-order valence-electron chi connectivity index (χ2n) is 4.04. The Hall–Kier alpha value is -2.36. The van der Waals surface area contributed by atoms with Gasteiger partial charge in [-0.25, -0.2) is 9.67 Å². The van der Waals surface area contributed by atoms with Crippen molar-refractivity contribution in [1.82, 2.24) is 14.8 Å². The van der Waals surface area contributed by atoms with E-state index in [1.54, 1.807) is 12.3 Å². The molecular weight excluding hydrogens is 318 g/mol. The Labute approximate surface area is 127 Å². The third kappa shape index (κ3) is 4.07. The van der Waals surface area contributed by atoms with Crippen LogP contribution >= 0.6 is 11.3 Å². The molecule has 0 atom stereocenters. The summed E-state index contributed by atoms with van der Waals surface area (Å²) in [5.74, 6) is -1.07. The van der Waals surface area contributed by atoms with Gasteiger partial charge in [0.1, 0.15) is 0 Å². The van der Waals surface area contributed by atoms with Gasteiger partial charge in [-0.3, -0.25) is 14.9 Å². The lowest BCUT2D eigenvalue weighted by atomic mass is 10.3. The molecule has 0 aliphatic carbocycles. The van der Waals surface area contributed by atoms with Crippen LogP contribution in [0.3, 0.4) is 0 Å². The molecule has 2 aromatic rings. The number of anilines is 1. The third-order valence-electron chi connectivity index (χ3n) is 2.44. The lowest BCUT2D eigenvalue weighted by Crippen LogP contribution is -2.14.